The third-order valence-electron chi connectivity index (χ3n) is 6.74. The zero-order chi connectivity index (χ0) is 25.4. The normalized spacial score (nSPS) is 13.7. The molecule has 0 unspecified atom stereocenters. The predicted octanol–water partition coefficient (Wildman–Crippen LogP) is 5.21. The van der Waals surface area contributed by atoms with Crippen LogP contribution in [0.15, 0.2) is 79.1 Å². The van der Waals surface area contributed by atoms with Gasteiger partial charge < -0.3 is 9.64 Å². The first-order chi connectivity index (χ1) is 18.1. The van der Waals surface area contributed by atoms with Crippen LogP contribution in [0.3, 0.4) is 0 Å². The molecule has 1 fully saturated rings. The summed E-state index contributed by atoms with van der Waals surface area (Å²) in [7, 11) is 0. The fourth-order valence-electron chi connectivity index (χ4n) is 4.80. The molecule has 0 bridgehead atoms. The SMILES string of the molecule is Cc1cccc(-c2nc3c(C)cccn3c2-c2ccnc(-c3ccc(C(=O)N4CCOCC4)cc3)c2)n1. The summed E-state index contributed by atoms with van der Waals surface area (Å²) in [4.78, 5) is 29.1. The maximum Gasteiger partial charge on any atom is 0.254 e. The number of fused-ring (bicyclic) bond motifs is 1. The average Bonchev–Trinajstić information content (AvgIpc) is 3.34. The van der Waals surface area contributed by atoms with Crippen LogP contribution in [0, 0.1) is 13.8 Å². The number of aromatic nitrogens is 4. The number of nitrogens with zero attached hydrogens (tertiary/aromatic N) is 5. The third-order valence-corrected chi connectivity index (χ3v) is 6.74. The first-order valence-corrected chi connectivity index (χ1v) is 12.4. The van der Waals surface area contributed by atoms with E-state index in [9.17, 15) is 4.79 Å². The lowest BCUT2D eigenvalue weighted by Gasteiger charge is -2.26. The standard InChI is InChI=1S/C30H27N5O2/c1-20-5-4-14-35-28(27(33-29(20)35)25-7-3-6-21(2)32-25)24-12-13-31-26(19-24)22-8-10-23(11-9-22)30(36)34-15-17-37-18-16-34/h3-14,19H,15-18H2,1-2H3. The molecular weight excluding hydrogens is 462 g/mol. The van der Waals surface area contributed by atoms with Crippen LogP contribution in [0.1, 0.15) is 21.6 Å². The average molecular weight is 490 g/mol. The van der Waals surface area contributed by atoms with E-state index in [1.54, 1.807) is 0 Å². The van der Waals surface area contributed by atoms with Crippen LogP contribution < -0.4 is 0 Å². The molecule has 0 radical (unpaired) electrons. The number of rotatable bonds is 4. The van der Waals surface area contributed by atoms with Crippen molar-refractivity contribution in [2.45, 2.75) is 13.8 Å². The highest BCUT2D eigenvalue weighted by Gasteiger charge is 2.20. The summed E-state index contributed by atoms with van der Waals surface area (Å²) in [5.41, 5.74) is 9.02. The van der Waals surface area contributed by atoms with E-state index in [1.165, 1.54) is 0 Å². The van der Waals surface area contributed by atoms with Crippen molar-refractivity contribution >= 4 is 11.6 Å². The molecular formula is C30H27N5O2. The predicted molar refractivity (Wildman–Crippen MR) is 143 cm³/mol. The van der Waals surface area contributed by atoms with Crippen molar-refractivity contribution in [3.8, 4) is 33.9 Å². The Morgan fingerprint density at radius 3 is 2.46 bits per heavy atom. The Hall–Kier alpha value is -4.36. The number of carbonyl (C=O) groups excluding carboxylic acids is 1. The molecule has 1 amide bonds. The molecule has 0 aliphatic carbocycles. The van der Waals surface area contributed by atoms with E-state index in [-0.39, 0.29) is 5.91 Å². The second-order valence-corrected chi connectivity index (χ2v) is 9.27. The van der Waals surface area contributed by atoms with E-state index in [0.717, 1.165) is 50.8 Å². The molecule has 5 aromatic rings. The smallest absolute Gasteiger partial charge is 0.254 e. The van der Waals surface area contributed by atoms with Gasteiger partial charge in [0.05, 0.1) is 30.3 Å². The van der Waals surface area contributed by atoms with Crippen molar-refractivity contribution < 1.29 is 9.53 Å². The van der Waals surface area contributed by atoms with Crippen LogP contribution in [0.2, 0.25) is 0 Å². The number of carbonyl (C=O) groups is 1. The van der Waals surface area contributed by atoms with Gasteiger partial charge >= 0.3 is 0 Å². The maximum absolute atomic E-state index is 12.8. The molecule has 1 aliphatic rings. The van der Waals surface area contributed by atoms with Gasteiger partial charge in [-0.25, -0.2) is 4.98 Å². The molecule has 7 heteroatoms. The first kappa shape index (κ1) is 23.1. The molecule has 5 heterocycles. The summed E-state index contributed by atoms with van der Waals surface area (Å²) in [5.74, 6) is 0.0351. The second kappa shape index (κ2) is 9.59. The van der Waals surface area contributed by atoms with Crippen LogP contribution in [0.4, 0.5) is 0 Å². The number of pyridine rings is 3. The van der Waals surface area contributed by atoms with Gasteiger partial charge in [-0.1, -0.05) is 24.3 Å². The van der Waals surface area contributed by atoms with E-state index >= 15 is 0 Å². The zero-order valence-corrected chi connectivity index (χ0v) is 20.9. The van der Waals surface area contributed by atoms with Crippen LogP contribution in [0.5, 0.6) is 0 Å². The lowest BCUT2D eigenvalue weighted by molar-refractivity contribution is 0.0303. The molecule has 0 atom stereocenters. The van der Waals surface area contributed by atoms with Crippen molar-refractivity contribution in [2.24, 2.45) is 0 Å². The van der Waals surface area contributed by atoms with Gasteiger partial charge in [-0.3, -0.25) is 19.2 Å². The van der Waals surface area contributed by atoms with Crippen molar-refractivity contribution in [3.05, 3.63) is 95.9 Å². The molecule has 0 N–H and O–H groups in total. The lowest BCUT2D eigenvalue weighted by atomic mass is 10.0. The minimum Gasteiger partial charge on any atom is -0.378 e. The lowest BCUT2D eigenvalue weighted by Crippen LogP contribution is -2.40. The minimum absolute atomic E-state index is 0.0351. The monoisotopic (exact) mass is 489 g/mol. The Balaban J connectivity index is 1.40. The summed E-state index contributed by atoms with van der Waals surface area (Å²) in [5, 5.41) is 0. The second-order valence-electron chi connectivity index (χ2n) is 9.27. The highest BCUT2D eigenvalue weighted by atomic mass is 16.5. The van der Waals surface area contributed by atoms with Crippen molar-refractivity contribution in [1.82, 2.24) is 24.3 Å². The molecule has 1 aliphatic heterocycles. The Kier molecular flexibility index (Phi) is 5.98. The van der Waals surface area contributed by atoms with Gasteiger partial charge in [-0.05, 0) is 61.9 Å². The zero-order valence-electron chi connectivity index (χ0n) is 20.9. The number of ether oxygens (including phenoxy) is 1. The number of benzene rings is 1. The fourth-order valence-corrected chi connectivity index (χ4v) is 4.80. The topological polar surface area (TPSA) is 72.6 Å². The number of aryl methyl sites for hydroxylation is 2. The Morgan fingerprint density at radius 1 is 0.865 bits per heavy atom. The van der Waals surface area contributed by atoms with Gasteiger partial charge in [-0.2, -0.15) is 0 Å². The molecule has 1 aromatic carbocycles. The molecule has 0 spiro atoms. The van der Waals surface area contributed by atoms with Crippen molar-refractivity contribution in [1.29, 1.82) is 0 Å². The third kappa shape index (κ3) is 4.38. The number of hydrogen-bond donors (Lipinski definition) is 0. The Bertz CT molecular complexity index is 1600. The van der Waals surface area contributed by atoms with Gasteiger partial charge in [0, 0.05) is 47.9 Å². The van der Waals surface area contributed by atoms with E-state index in [1.807, 2.05) is 78.8 Å². The summed E-state index contributed by atoms with van der Waals surface area (Å²) in [6.45, 7) is 6.48. The van der Waals surface area contributed by atoms with E-state index < -0.39 is 0 Å². The summed E-state index contributed by atoms with van der Waals surface area (Å²) in [6, 6.07) is 21.8. The largest absolute Gasteiger partial charge is 0.378 e. The van der Waals surface area contributed by atoms with Crippen LogP contribution >= 0.6 is 0 Å². The van der Waals surface area contributed by atoms with Gasteiger partial charge in [-0.15, -0.1) is 0 Å². The highest BCUT2D eigenvalue weighted by Crippen LogP contribution is 2.34. The Morgan fingerprint density at radius 2 is 1.68 bits per heavy atom. The van der Waals surface area contributed by atoms with Gasteiger partial charge in [0.15, 0.2) is 0 Å². The summed E-state index contributed by atoms with van der Waals surface area (Å²) >= 11 is 0. The number of hydrogen-bond acceptors (Lipinski definition) is 5. The van der Waals surface area contributed by atoms with E-state index in [4.69, 9.17) is 14.7 Å². The minimum atomic E-state index is 0.0351. The molecule has 7 nitrogen and oxygen atoms in total. The summed E-state index contributed by atoms with van der Waals surface area (Å²) in [6.07, 6.45) is 3.86. The van der Waals surface area contributed by atoms with Gasteiger partial charge in [0.25, 0.3) is 5.91 Å². The van der Waals surface area contributed by atoms with Crippen LogP contribution in [-0.2, 0) is 4.74 Å². The maximum atomic E-state index is 12.8. The summed E-state index contributed by atoms with van der Waals surface area (Å²) < 4.78 is 7.49. The first-order valence-electron chi connectivity index (χ1n) is 12.4. The number of amides is 1. The molecule has 37 heavy (non-hydrogen) atoms. The van der Waals surface area contributed by atoms with Gasteiger partial charge in [0.2, 0.25) is 0 Å². The molecule has 4 aromatic heterocycles. The van der Waals surface area contributed by atoms with Crippen LogP contribution in [0.25, 0.3) is 39.5 Å². The molecule has 1 saturated heterocycles. The van der Waals surface area contributed by atoms with E-state index in [0.29, 0.717) is 31.9 Å². The van der Waals surface area contributed by atoms with E-state index in [2.05, 4.69) is 28.4 Å². The number of morpholine rings is 1. The van der Waals surface area contributed by atoms with Crippen molar-refractivity contribution in [2.75, 3.05) is 26.3 Å². The van der Waals surface area contributed by atoms with Crippen molar-refractivity contribution in [3.63, 3.8) is 0 Å². The highest BCUT2D eigenvalue weighted by molar-refractivity contribution is 5.94. The van der Waals surface area contributed by atoms with Crippen LogP contribution in [-0.4, -0.2) is 56.5 Å². The fraction of sp³-hybridized carbons (Fsp3) is 0.200. The molecule has 0 saturated carbocycles. The molecule has 184 valence electrons. The Labute approximate surface area is 215 Å². The quantitative estimate of drug-likeness (QED) is 0.346. The molecule has 6 rings (SSSR count). The number of imidazole rings is 1. The van der Waals surface area contributed by atoms with Gasteiger partial charge in [0.1, 0.15) is 11.3 Å².